The molecule has 1 aliphatic carbocycles. The van der Waals surface area contributed by atoms with E-state index in [2.05, 4.69) is 25.8 Å². The predicted octanol–water partition coefficient (Wildman–Crippen LogP) is 1.72. The van der Waals surface area contributed by atoms with E-state index in [1.165, 1.54) is 0 Å². The number of hydrogen-bond acceptors (Lipinski definition) is 3. The molecular formula is C20H27N3O2. The van der Waals surface area contributed by atoms with Gasteiger partial charge in [-0.3, -0.25) is 9.59 Å². The molecule has 2 atom stereocenters. The molecule has 0 unspecified atom stereocenters. The van der Waals surface area contributed by atoms with Crippen molar-refractivity contribution in [2.45, 2.75) is 25.7 Å². The van der Waals surface area contributed by atoms with Crippen LogP contribution in [0.1, 0.15) is 25.8 Å². The lowest BCUT2D eigenvalue weighted by molar-refractivity contribution is -0.136. The van der Waals surface area contributed by atoms with Crippen molar-refractivity contribution in [2.24, 2.45) is 11.8 Å². The summed E-state index contributed by atoms with van der Waals surface area (Å²) in [7, 11) is 2.08. The molecule has 1 saturated heterocycles. The number of amides is 2. The first-order chi connectivity index (χ1) is 11.9. The molecule has 1 aromatic carbocycles. The zero-order valence-corrected chi connectivity index (χ0v) is 15.4. The van der Waals surface area contributed by atoms with Crippen molar-refractivity contribution in [3.8, 4) is 0 Å². The van der Waals surface area contributed by atoms with Gasteiger partial charge >= 0.3 is 0 Å². The molecule has 1 saturated carbocycles. The van der Waals surface area contributed by atoms with Gasteiger partial charge in [0.25, 0.3) is 0 Å². The van der Waals surface area contributed by atoms with E-state index in [0.717, 1.165) is 37.4 Å². The third-order valence-corrected chi connectivity index (χ3v) is 5.92. The molecule has 5 heteroatoms. The van der Waals surface area contributed by atoms with E-state index in [-0.39, 0.29) is 17.7 Å². The van der Waals surface area contributed by atoms with Crippen LogP contribution in [0.5, 0.6) is 0 Å². The second kappa shape index (κ2) is 5.84. The molecule has 2 aliphatic heterocycles. The van der Waals surface area contributed by atoms with Crippen LogP contribution in [0.4, 0.5) is 5.69 Å². The third-order valence-electron chi connectivity index (χ3n) is 5.92. The van der Waals surface area contributed by atoms with Gasteiger partial charge in [-0.2, -0.15) is 0 Å². The minimum Gasteiger partial charge on any atom is -0.340 e. The van der Waals surface area contributed by atoms with Crippen molar-refractivity contribution in [3.05, 3.63) is 29.8 Å². The maximum absolute atomic E-state index is 13.3. The summed E-state index contributed by atoms with van der Waals surface area (Å²) in [5.41, 5.74) is 1.48. The largest absolute Gasteiger partial charge is 0.340 e. The number of anilines is 1. The molecule has 0 aromatic heterocycles. The van der Waals surface area contributed by atoms with E-state index in [0.29, 0.717) is 18.9 Å². The second-order valence-electron chi connectivity index (χ2n) is 8.18. The van der Waals surface area contributed by atoms with E-state index >= 15 is 0 Å². The number of nitrogens with zero attached hydrogens (tertiary/aromatic N) is 3. The molecule has 2 fully saturated rings. The zero-order valence-electron chi connectivity index (χ0n) is 15.4. The molecule has 5 nitrogen and oxygen atoms in total. The average Bonchev–Trinajstić information content (AvgIpc) is 3.31. The molecule has 2 heterocycles. The highest BCUT2D eigenvalue weighted by Gasteiger charge is 2.70. The van der Waals surface area contributed by atoms with E-state index in [1.54, 1.807) is 0 Å². The van der Waals surface area contributed by atoms with Crippen LogP contribution >= 0.6 is 0 Å². The zero-order chi connectivity index (χ0) is 17.8. The summed E-state index contributed by atoms with van der Waals surface area (Å²) in [6, 6.07) is 8.05. The van der Waals surface area contributed by atoms with Gasteiger partial charge in [0.05, 0.1) is 11.3 Å². The molecule has 25 heavy (non-hydrogen) atoms. The highest BCUT2D eigenvalue weighted by molar-refractivity contribution is 6.14. The van der Waals surface area contributed by atoms with E-state index in [4.69, 9.17) is 0 Å². The van der Waals surface area contributed by atoms with Crippen LogP contribution in [0.25, 0.3) is 0 Å². The van der Waals surface area contributed by atoms with Crippen molar-refractivity contribution >= 4 is 17.5 Å². The number of carbonyl (C=O) groups is 2. The minimum atomic E-state index is -0.591. The van der Waals surface area contributed by atoms with Gasteiger partial charge in [-0.15, -0.1) is 0 Å². The normalized spacial score (nSPS) is 28.8. The van der Waals surface area contributed by atoms with Crippen molar-refractivity contribution in [3.63, 3.8) is 0 Å². The van der Waals surface area contributed by atoms with E-state index < -0.39 is 5.41 Å². The van der Waals surface area contributed by atoms with Gasteiger partial charge in [-0.1, -0.05) is 32.0 Å². The summed E-state index contributed by atoms with van der Waals surface area (Å²) in [6.07, 6.45) is 0.669. The number of fused-ring (bicyclic) bond motifs is 2. The maximum Gasteiger partial charge on any atom is 0.238 e. The standard InChI is InChI=1S/C20H27N3O2/c1-14(2)13-23-17-7-5-4-6-15(17)20(19(23)25)12-16(20)18(24)22-10-8-21(3)9-11-22/h4-7,14,16H,8-13H2,1-3H3/t16-,20-/m0/s1. The first kappa shape index (κ1) is 16.6. The number of para-hydroxylation sites is 1. The Balaban J connectivity index is 1.60. The number of benzene rings is 1. The first-order valence-electron chi connectivity index (χ1n) is 9.34. The van der Waals surface area contributed by atoms with E-state index in [1.807, 2.05) is 34.1 Å². The summed E-state index contributed by atoms with van der Waals surface area (Å²) < 4.78 is 0. The van der Waals surface area contributed by atoms with Gasteiger partial charge in [0.15, 0.2) is 0 Å². The fraction of sp³-hybridized carbons (Fsp3) is 0.600. The Morgan fingerprint density at radius 3 is 2.56 bits per heavy atom. The van der Waals surface area contributed by atoms with Gasteiger partial charge in [0.2, 0.25) is 11.8 Å². The maximum atomic E-state index is 13.3. The molecule has 0 radical (unpaired) electrons. The lowest BCUT2D eigenvalue weighted by Crippen LogP contribution is -2.48. The van der Waals surface area contributed by atoms with Crippen LogP contribution < -0.4 is 4.90 Å². The first-order valence-corrected chi connectivity index (χ1v) is 9.34. The van der Waals surface area contributed by atoms with Crippen LogP contribution in [-0.4, -0.2) is 61.4 Å². The number of rotatable bonds is 3. The topological polar surface area (TPSA) is 43.9 Å². The van der Waals surface area contributed by atoms with Crippen LogP contribution in [0, 0.1) is 11.8 Å². The summed E-state index contributed by atoms with van der Waals surface area (Å²) in [5.74, 6) is 0.525. The quantitative estimate of drug-likeness (QED) is 0.841. The Labute approximate surface area is 149 Å². The summed E-state index contributed by atoms with van der Waals surface area (Å²) in [6.45, 7) is 8.33. The molecule has 134 valence electrons. The Kier molecular flexibility index (Phi) is 3.87. The number of carbonyl (C=O) groups excluding carboxylic acids is 2. The fourth-order valence-electron chi connectivity index (χ4n) is 4.44. The van der Waals surface area contributed by atoms with Crippen molar-refractivity contribution in [1.82, 2.24) is 9.80 Å². The highest BCUT2D eigenvalue weighted by atomic mass is 16.2. The average molecular weight is 341 g/mol. The van der Waals surface area contributed by atoms with Crippen molar-refractivity contribution in [1.29, 1.82) is 0 Å². The molecule has 1 spiro atoms. The lowest BCUT2D eigenvalue weighted by atomic mass is 9.94. The Bertz CT molecular complexity index is 709. The van der Waals surface area contributed by atoms with Gasteiger partial charge in [-0.05, 0) is 31.0 Å². The Hall–Kier alpha value is -1.88. The SMILES string of the molecule is CC(C)CN1C(=O)[C@@]2(C[C@H]2C(=O)N2CCN(C)CC2)c2ccccc21. The van der Waals surface area contributed by atoms with Gasteiger partial charge < -0.3 is 14.7 Å². The van der Waals surface area contributed by atoms with Crippen LogP contribution in [0.2, 0.25) is 0 Å². The Morgan fingerprint density at radius 2 is 1.88 bits per heavy atom. The van der Waals surface area contributed by atoms with Crippen molar-refractivity contribution in [2.75, 3.05) is 44.7 Å². The highest BCUT2D eigenvalue weighted by Crippen LogP contribution is 2.62. The predicted molar refractivity (Wildman–Crippen MR) is 97.5 cm³/mol. The van der Waals surface area contributed by atoms with Crippen LogP contribution in [0.3, 0.4) is 0 Å². The second-order valence-corrected chi connectivity index (χ2v) is 8.18. The summed E-state index contributed by atoms with van der Waals surface area (Å²) >= 11 is 0. The smallest absolute Gasteiger partial charge is 0.238 e. The van der Waals surface area contributed by atoms with Gasteiger partial charge in [-0.25, -0.2) is 0 Å². The molecular weight excluding hydrogens is 314 g/mol. The van der Waals surface area contributed by atoms with Gasteiger partial charge in [0, 0.05) is 38.4 Å². The Morgan fingerprint density at radius 1 is 1.20 bits per heavy atom. The molecule has 4 rings (SSSR count). The molecule has 2 amide bonds. The summed E-state index contributed by atoms with van der Waals surface area (Å²) in [5, 5.41) is 0. The minimum absolute atomic E-state index is 0.134. The van der Waals surface area contributed by atoms with Gasteiger partial charge in [0.1, 0.15) is 0 Å². The van der Waals surface area contributed by atoms with Crippen molar-refractivity contribution < 1.29 is 9.59 Å². The third kappa shape index (κ3) is 2.48. The number of hydrogen-bond donors (Lipinski definition) is 0. The number of piperazine rings is 1. The summed E-state index contributed by atoms with van der Waals surface area (Å²) in [4.78, 5) is 32.4. The monoisotopic (exact) mass is 341 g/mol. The number of likely N-dealkylation sites (N-methyl/N-ethyl adjacent to an activating group) is 1. The fourth-order valence-corrected chi connectivity index (χ4v) is 4.44. The van der Waals surface area contributed by atoms with Crippen LogP contribution in [-0.2, 0) is 15.0 Å². The van der Waals surface area contributed by atoms with E-state index in [9.17, 15) is 9.59 Å². The lowest BCUT2D eigenvalue weighted by Gasteiger charge is -2.33. The molecule has 0 bridgehead atoms. The molecule has 0 N–H and O–H groups in total. The molecule has 1 aromatic rings. The van der Waals surface area contributed by atoms with Crippen LogP contribution in [0.15, 0.2) is 24.3 Å². The molecule has 3 aliphatic rings.